The Balaban J connectivity index is 1.44. The maximum atomic E-state index is 12.8. The monoisotopic (exact) mass is 524 g/mol. The summed E-state index contributed by atoms with van der Waals surface area (Å²) in [7, 11) is 0. The first-order valence-electron chi connectivity index (χ1n) is 12.9. The maximum Gasteiger partial charge on any atom is 0.416 e. The van der Waals surface area contributed by atoms with Crippen LogP contribution in [0.2, 0.25) is 0 Å². The van der Waals surface area contributed by atoms with Crippen LogP contribution < -0.4 is 15.5 Å². The second-order valence-electron chi connectivity index (χ2n) is 10.7. The molecule has 3 aromatic rings. The summed E-state index contributed by atoms with van der Waals surface area (Å²) in [5.41, 5.74) is 3.14. The Morgan fingerprint density at radius 1 is 0.816 bits per heavy atom. The molecule has 2 amide bonds. The van der Waals surface area contributed by atoms with Gasteiger partial charge in [0.25, 0.3) is 0 Å². The lowest BCUT2D eigenvalue weighted by Gasteiger charge is -2.40. The molecule has 1 heterocycles. The van der Waals surface area contributed by atoms with Gasteiger partial charge in [-0.2, -0.15) is 13.2 Å². The number of hydrogen-bond donors (Lipinski definition) is 2. The van der Waals surface area contributed by atoms with E-state index in [9.17, 15) is 18.0 Å². The van der Waals surface area contributed by atoms with Gasteiger partial charge in [-0.25, -0.2) is 4.79 Å². The number of halogens is 3. The van der Waals surface area contributed by atoms with Crippen LogP contribution in [-0.2, 0) is 11.6 Å². The molecule has 2 N–H and O–H groups in total. The summed E-state index contributed by atoms with van der Waals surface area (Å²) < 4.78 is 38.5. The van der Waals surface area contributed by atoms with Crippen molar-refractivity contribution in [3.05, 3.63) is 95.6 Å². The third-order valence-corrected chi connectivity index (χ3v) is 6.96. The number of hydrogen-bond acceptors (Lipinski definition) is 3. The number of benzene rings is 3. The second kappa shape index (κ2) is 11.5. The molecule has 0 bridgehead atoms. The fourth-order valence-electron chi connectivity index (χ4n) is 4.70. The highest BCUT2D eigenvalue weighted by molar-refractivity contribution is 5.89. The van der Waals surface area contributed by atoms with Crippen molar-refractivity contribution in [2.75, 3.05) is 42.9 Å². The number of piperazine rings is 1. The van der Waals surface area contributed by atoms with Gasteiger partial charge in [-0.05, 0) is 52.9 Å². The van der Waals surface area contributed by atoms with Crippen molar-refractivity contribution in [2.45, 2.75) is 38.4 Å². The van der Waals surface area contributed by atoms with Gasteiger partial charge in [0.2, 0.25) is 0 Å². The van der Waals surface area contributed by atoms with Crippen LogP contribution in [0.5, 0.6) is 0 Å². The topological polar surface area (TPSA) is 47.6 Å². The average Bonchev–Trinajstić information content (AvgIpc) is 2.89. The summed E-state index contributed by atoms with van der Waals surface area (Å²) in [6, 6.07) is 22.8. The molecule has 5 nitrogen and oxygen atoms in total. The van der Waals surface area contributed by atoms with Gasteiger partial charge in [-0.1, -0.05) is 63.2 Å². The van der Waals surface area contributed by atoms with Gasteiger partial charge in [0, 0.05) is 44.1 Å². The first-order chi connectivity index (χ1) is 18.0. The molecule has 1 atom stereocenters. The molecule has 1 aliphatic rings. The lowest BCUT2D eigenvalue weighted by molar-refractivity contribution is -0.137. The normalized spacial score (nSPS) is 15.7. The minimum atomic E-state index is -4.42. The SMILES string of the molecule is CC(C)(C)c1ccc(C(CNC(=O)Nc2ccc(C(F)(F)F)cc2)N2CCN(c3ccccc3)CC2)cc1. The molecule has 0 saturated carbocycles. The third-order valence-electron chi connectivity index (χ3n) is 6.96. The molecule has 0 aliphatic carbocycles. The fraction of sp³-hybridized carbons (Fsp3) is 0.367. The van der Waals surface area contributed by atoms with Crippen LogP contribution in [0, 0.1) is 0 Å². The van der Waals surface area contributed by atoms with E-state index in [4.69, 9.17) is 0 Å². The lowest BCUT2D eigenvalue weighted by Crippen LogP contribution is -2.50. The molecule has 3 aromatic carbocycles. The van der Waals surface area contributed by atoms with E-state index in [2.05, 4.69) is 77.6 Å². The number of para-hydroxylation sites is 1. The molecular weight excluding hydrogens is 489 g/mol. The van der Waals surface area contributed by atoms with E-state index < -0.39 is 17.8 Å². The van der Waals surface area contributed by atoms with E-state index in [1.165, 1.54) is 23.4 Å². The van der Waals surface area contributed by atoms with E-state index in [0.29, 0.717) is 12.2 Å². The first-order valence-corrected chi connectivity index (χ1v) is 12.9. The van der Waals surface area contributed by atoms with Crippen molar-refractivity contribution in [1.82, 2.24) is 10.2 Å². The molecular formula is C30H35F3N4O. The molecule has 1 fully saturated rings. The number of carbonyl (C=O) groups excluding carboxylic acids is 1. The van der Waals surface area contributed by atoms with Crippen molar-refractivity contribution in [3.8, 4) is 0 Å². The highest BCUT2D eigenvalue weighted by Gasteiger charge is 2.30. The van der Waals surface area contributed by atoms with Crippen LogP contribution >= 0.6 is 0 Å². The number of rotatable bonds is 6. The number of nitrogens with zero attached hydrogens (tertiary/aromatic N) is 2. The van der Waals surface area contributed by atoms with E-state index in [1.807, 2.05) is 18.2 Å². The predicted octanol–water partition coefficient (Wildman–Crippen LogP) is 6.69. The second-order valence-corrected chi connectivity index (χ2v) is 10.7. The highest BCUT2D eigenvalue weighted by atomic mass is 19.4. The van der Waals surface area contributed by atoms with Crippen LogP contribution in [0.15, 0.2) is 78.9 Å². The molecule has 202 valence electrons. The smallest absolute Gasteiger partial charge is 0.369 e. The van der Waals surface area contributed by atoms with Gasteiger partial charge in [-0.3, -0.25) is 4.90 Å². The predicted molar refractivity (Wildman–Crippen MR) is 147 cm³/mol. The van der Waals surface area contributed by atoms with Crippen LogP contribution in [0.1, 0.15) is 43.5 Å². The van der Waals surface area contributed by atoms with E-state index in [-0.39, 0.29) is 11.5 Å². The van der Waals surface area contributed by atoms with Crippen molar-refractivity contribution >= 4 is 17.4 Å². The van der Waals surface area contributed by atoms with Crippen molar-refractivity contribution in [2.24, 2.45) is 0 Å². The summed E-state index contributed by atoms with van der Waals surface area (Å²) in [5, 5.41) is 5.58. The number of alkyl halides is 3. The molecule has 1 unspecified atom stereocenters. The van der Waals surface area contributed by atoms with Crippen LogP contribution in [0.3, 0.4) is 0 Å². The molecule has 0 aromatic heterocycles. The van der Waals surface area contributed by atoms with Gasteiger partial charge in [0.05, 0.1) is 11.6 Å². The molecule has 4 rings (SSSR count). The Morgan fingerprint density at radius 3 is 1.95 bits per heavy atom. The summed E-state index contributed by atoms with van der Waals surface area (Å²) in [6.07, 6.45) is -4.42. The van der Waals surface area contributed by atoms with Gasteiger partial charge < -0.3 is 15.5 Å². The molecule has 1 saturated heterocycles. The average molecular weight is 525 g/mol. The number of amides is 2. The maximum absolute atomic E-state index is 12.8. The Bertz CT molecular complexity index is 1180. The number of carbonyl (C=O) groups is 1. The molecule has 1 aliphatic heterocycles. The van der Waals surface area contributed by atoms with Gasteiger partial charge >= 0.3 is 12.2 Å². The minimum absolute atomic E-state index is 0.0368. The summed E-state index contributed by atoms with van der Waals surface area (Å²) in [6.45, 7) is 10.3. The Kier molecular flexibility index (Phi) is 8.31. The lowest BCUT2D eigenvalue weighted by atomic mass is 9.86. The first kappa shape index (κ1) is 27.5. The van der Waals surface area contributed by atoms with Crippen molar-refractivity contribution < 1.29 is 18.0 Å². The summed E-state index contributed by atoms with van der Waals surface area (Å²) in [5.74, 6) is 0. The van der Waals surface area contributed by atoms with Gasteiger partial charge in [-0.15, -0.1) is 0 Å². The Labute approximate surface area is 222 Å². The molecule has 38 heavy (non-hydrogen) atoms. The van der Waals surface area contributed by atoms with Crippen LogP contribution in [-0.4, -0.2) is 43.7 Å². The zero-order valence-electron chi connectivity index (χ0n) is 22.1. The van der Waals surface area contributed by atoms with E-state index in [0.717, 1.165) is 43.9 Å². The third kappa shape index (κ3) is 7.07. The zero-order chi connectivity index (χ0) is 27.3. The van der Waals surface area contributed by atoms with Crippen LogP contribution in [0.4, 0.5) is 29.3 Å². The van der Waals surface area contributed by atoms with E-state index >= 15 is 0 Å². The summed E-state index contributed by atoms with van der Waals surface area (Å²) in [4.78, 5) is 17.4. The van der Waals surface area contributed by atoms with Crippen molar-refractivity contribution in [1.29, 1.82) is 0 Å². The minimum Gasteiger partial charge on any atom is -0.369 e. The molecule has 8 heteroatoms. The van der Waals surface area contributed by atoms with Gasteiger partial charge in [0.15, 0.2) is 0 Å². The number of anilines is 2. The van der Waals surface area contributed by atoms with Crippen LogP contribution in [0.25, 0.3) is 0 Å². The van der Waals surface area contributed by atoms with Gasteiger partial charge in [0.1, 0.15) is 0 Å². The quantitative estimate of drug-likeness (QED) is 0.378. The van der Waals surface area contributed by atoms with E-state index in [1.54, 1.807) is 0 Å². The molecule has 0 radical (unpaired) electrons. The Hall–Kier alpha value is -3.52. The standard InChI is InChI=1S/C30H35F3N4O/c1-29(2,3)23-11-9-22(10-12-23)27(37-19-17-36(18-20-37)26-7-5-4-6-8-26)21-34-28(38)35-25-15-13-24(14-16-25)30(31,32)33/h4-16,27H,17-21H2,1-3H3,(H2,34,35,38). The Morgan fingerprint density at radius 2 is 1.39 bits per heavy atom. The molecule has 0 spiro atoms. The zero-order valence-corrected chi connectivity index (χ0v) is 22.1. The highest BCUT2D eigenvalue weighted by Crippen LogP contribution is 2.30. The number of nitrogens with one attached hydrogen (secondary N) is 2. The summed E-state index contributed by atoms with van der Waals surface area (Å²) >= 11 is 0. The largest absolute Gasteiger partial charge is 0.416 e. The number of urea groups is 1. The van der Waals surface area contributed by atoms with Crippen molar-refractivity contribution in [3.63, 3.8) is 0 Å². The fourth-order valence-corrected chi connectivity index (χ4v) is 4.70.